The van der Waals surface area contributed by atoms with Gasteiger partial charge in [0.05, 0.1) is 4.90 Å². The van der Waals surface area contributed by atoms with Crippen LogP contribution in [0.1, 0.15) is 53.7 Å². The molecule has 1 saturated heterocycles. The van der Waals surface area contributed by atoms with E-state index >= 15 is 0 Å². The van der Waals surface area contributed by atoms with Crippen molar-refractivity contribution in [1.82, 2.24) is 14.5 Å². The second-order valence-electron chi connectivity index (χ2n) is 8.58. The summed E-state index contributed by atoms with van der Waals surface area (Å²) in [6.45, 7) is 11.1. The lowest BCUT2D eigenvalue weighted by Crippen LogP contribution is -2.44. The number of carbonyl (C=O) groups is 1. The zero-order valence-corrected chi connectivity index (χ0v) is 20.4. The minimum Gasteiger partial charge on any atom is -0.349 e. The van der Waals surface area contributed by atoms with Crippen LogP contribution >= 0.6 is 0 Å². The van der Waals surface area contributed by atoms with Crippen LogP contribution in [0.15, 0.2) is 47.4 Å². The number of likely N-dealkylation sites (tertiary alicyclic amines) is 1. The average Bonchev–Trinajstić information content (AvgIpc) is 2.76. The monoisotopic (exact) mass is 457 g/mol. The predicted molar refractivity (Wildman–Crippen MR) is 128 cm³/mol. The number of hydrogen-bond acceptors (Lipinski definition) is 4. The summed E-state index contributed by atoms with van der Waals surface area (Å²) in [6, 6.07) is 13.6. The first-order chi connectivity index (χ1) is 15.2. The van der Waals surface area contributed by atoms with Crippen molar-refractivity contribution in [2.45, 2.75) is 58.0 Å². The fraction of sp³-hybridized carbons (Fsp3) is 0.480. The van der Waals surface area contributed by atoms with Crippen molar-refractivity contribution in [3.63, 3.8) is 0 Å². The van der Waals surface area contributed by atoms with Crippen LogP contribution in [-0.4, -0.2) is 55.8 Å². The molecule has 7 heteroatoms. The predicted octanol–water partition coefficient (Wildman–Crippen LogP) is 3.73. The summed E-state index contributed by atoms with van der Waals surface area (Å²) in [7, 11) is -3.61. The molecular weight excluding hydrogens is 422 g/mol. The molecule has 1 fully saturated rings. The molecule has 2 aromatic rings. The quantitative estimate of drug-likeness (QED) is 0.656. The van der Waals surface area contributed by atoms with Gasteiger partial charge in [0.2, 0.25) is 10.0 Å². The number of benzene rings is 2. The van der Waals surface area contributed by atoms with E-state index in [1.807, 2.05) is 13.8 Å². The van der Waals surface area contributed by atoms with Gasteiger partial charge in [-0.15, -0.1) is 0 Å². The largest absolute Gasteiger partial charge is 0.349 e. The highest BCUT2D eigenvalue weighted by atomic mass is 32.2. The normalized spacial score (nSPS) is 15.8. The highest BCUT2D eigenvalue weighted by molar-refractivity contribution is 7.89. The molecule has 1 heterocycles. The number of amides is 1. The average molecular weight is 458 g/mol. The third kappa shape index (κ3) is 5.77. The van der Waals surface area contributed by atoms with Gasteiger partial charge in [0.25, 0.3) is 5.91 Å². The Bertz CT molecular complexity index is 1040. The molecule has 0 unspecified atom stereocenters. The van der Waals surface area contributed by atoms with Crippen LogP contribution in [0.2, 0.25) is 0 Å². The number of sulfonamides is 1. The van der Waals surface area contributed by atoms with Gasteiger partial charge in [-0.3, -0.25) is 9.69 Å². The number of carbonyl (C=O) groups excluding carboxylic acids is 1. The first-order valence-corrected chi connectivity index (χ1v) is 12.9. The van der Waals surface area contributed by atoms with Crippen molar-refractivity contribution in [2.24, 2.45) is 0 Å². The Morgan fingerprint density at radius 1 is 1.06 bits per heavy atom. The van der Waals surface area contributed by atoms with Gasteiger partial charge in [0.15, 0.2) is 0 Å². The third-order valence-electron chi connectivity index (χ3n) is 6.19. The number of hydrogen-bond donors (Lipinski definition) is 1. The van der Waals surface area contributed by atoms with Crippen molar-refractivity contribution >= 4 is 15.9 Å². The van der Waals surface area contributed by atoms with Gasteiger partial charge in [0, 0.05) is 44.3 Å². The second-order valence-corrected chi connectivity index (χ2v) is 10.5. The van der Waals surface area contributed by atoms with Crippen molar-refractivity contribution < 1.29 is 13.2 Å². The van der Waals surface area contributed by atoms with Crippen LogP contribution in [0, 0.1) is 13.8 Å². The van der Waals surface area contributed by atoms with Crippen molar-refractivity contribution in [1.29, 1.82) is 0 Å². The molecule has 0 spiro atoms. The molecule has 32 heavy (non-hydrogen) atoms. The summed E-state index contributed by atoms with van der Waals surface area (Å²) in [6.07, 6.45) is 1.77. The highest BCUT2D eigenvalue weighted by Gasteiger charge is 2.26. The van der Waals surface area contributed by atoms with Gasteiger partial charge in [-0.05, 0) is 49.9 Å². The Hall–Kier alpha value is -2.22. The summed E-state index contributed by atoms with van der Waals surface area (Å²) < 4.78 is 27.4. The van der Waals surface area contributed by atoms with E-state index in [-0.39, 0.29) is 16.8 Å². The fourth-order valence-electron chi connectivity index (χ4n) is 4.29. The molecule has 1 amide bonds. The number of nitrogens with zero attached hydrogens (tertiary/aromatic N) is 2. The maximum Gasteiger partial charge on any atom is 0.251 e. The van der Waals surface area contributed by atoms with E-state index in [0.717, 1.165) is 32.5 Å². The molecule has 2 aromatic carbocycles. The van der Waals surface area contributed by atoms with Gasteiger partial charge < -0.3 is 5.32 Å². The summed E-state index contributed by atoms with van der Waals surface area (Å²) in [4.78, 5) is 15.5. The van der Waals surface area contributed by atoms with Crippen LogP contribution in [0.25, 0.3) is 0 Å². The smallest absolute Gasteiger partial charge is 0.251 e. The standard InChI is InChI=1S/C25H35N3O3S/c1-5-28(6-2)32(30,31)24-17-22(11-10-20(24)4)25(29)26-23-12-14-27(15-13-23)18-21-9-7-8-19(3)16-21/h7-11,16-17,23H,5-6,12-15,18H2,1-4H3,(H,26,29). The lowest BCUT2D eigenvalue weighted by atomic mass is 10.0. The number of rotatable bonds is 8. The van der Waals surface area contributed by atoms with Crippen LogP contribution < -0.4 is 5.32 Å². The molecular formula is C25H35N3O3S. The van der Waals surface area contributed by atoms with E-state index in [2.05, 4.69) is 41.4 Å². The van der Waals surface area contributed by atoms with E-state index in [1.54, 1.807) is 19.1 Å². The van der Waals surface area contributed by atoms with Gasteiger partial charge in [-0.1, -0.05) is 49.7 Å². The Kier molecular flexibility index (Phi) is 8.09. The lowest BCUT2D eigenvalue weighted by molar-refractivity contribution is 0.0908. The van der Waals surface area contributed by atoms with E-state index in [1.165, 1.54) is 21.5 Å². The molecule has 0 saturated carbocycles. The van der Waals surface area contributed by atoms with E-state index in [0.29, 0.717) is 24.2 Å². The molecule has 6 nitrogen and oxygen atoms in total. The van der Waals surface area contributed by atoms with Crippen LogP contribution in [-0.2, 0) is 16.6 Å². The Morgan fingerprint density at radius 3 is 2.38 bits per heavy atom. The molecule has 0 atom stereocenters. The van der Waals surface area contributed by atoms with E-state index in [4.69, 9.17) is 0 Å². The minimum absolute atomic E-state index is 0.0976. The lowest BCUT2D eigenvalue weighted by Gasteiger charge is -2.32. The van der Waals surface area contributed by atoms with Crippen LogP contribution in [0.5, 0.6) is 0 Å². The van der Waals surface area contributed by atoms with Crippen molar-refractivity contribution in [3.8, 4) is 0 Å². The zero-order chi connectivity index (χ0) is 23.3. The molecule has 0 aliphatic carbocycles. The maximum absolute atomic E-state index is 13.0. The van der Waals surface area contributed by atoms with Crippen LogP contribution in [0.3, 0.4) is 0 Å². The van der Waals surface area contributed by atoms with E-state index in [9.17, 15) is 13.2 Å². The van der Waals surface area contributed by atoms with E-state index < -0.39 is 10.0 Å². The number of aryl methyl sites for hydroxylation is 2. The first-order valence-electron chi connectivity index (χ1n) is 11.4. The van der Waals surface area contributed by atoms with Gasteiger partial charge in [-0.2, -0.15) is 4.31 Å². The number of nitrogens with one attached hydrogen (secondary N) is 1. The summed E-state index contributed by atoms with van der Waals surface area (Å²) in [5.41, 5.74) is 3.63. The molecule has 1 aliphatic rings. The SMILES string of the molecule is CCN(CC)S(=O)(=O)c1cc(C(=O)NC2CCN(Cc3cccc(C)c3)CC2)ccc1C. The van der Waals surface area contributed by atoms with Crippen LogP contribution in [0.4, 0.5) is 0 Å². The zero-order valence-electron chi connectivity index (χ0n) is 19.6. The molecule has 0 aromatic heterocycles. The fourth-order valence-corrected chi connectivity index (χ4v) is 6.00. The summed E-state index contributed by atoms with van der Waals surface area (Å²) in [5.74, 6) is -0.210. The van der Waals surface area contributed by atoms with Gasteiger partial charge in [0.1, 0.15) is 0 Å². The molecule has 1 N–H and O–H groups in total. The number of piperidine rings is 1. The van der Waals surface area contributed by atoms with Gasteiger partial charge in [-0.25, -0.2) is 8.42 Å². The Labute approximate surface area is 192 Å². The molecule has 0 radical (unpaired) electrons. The summed E-state index contributed by atoms with van der Waals surface area (Å²) in [5, 5.41) is 3.11. The van der Waals surface area contributed by atoms with Crippen molar-refractivity contribution in [2.75, 3.05) is 26.2 Å². The second kappa shape index (κ2) is 10.6. The van der Waals surface area contributed by atoms with Gasteiger partial charge >= 0.3 is 0 Å². The first kappa shape index (κ1) is 24.4. The summed E-state index contributed by atoms with van der Waals surface area (Å²) >= 11 is 0. The molecule has 0 bridgehead atoms. The topological polar surface area (TPSA) is 69.7 Å². The Morgan fingerprint density at radius 2 is 1.75 bits per heavy atom. The molecule has 174 valence electrons. The molecule has 1 aliphatic heterocycles. The third-order valence-corrected chi connectivity index (χ3v) is 8.38. The minimum atomic E-state index is -3.61. The van der Waals surface area contributed by atoms with Crippen molar-refractivity contribution in [3.05, 3.63) is 64.7 Å². The molecule has 3 rings (SSSR count). The highest BCUT2D eigenvalue weighted by Crippen LogP contribution is 2.22. The Balaban J connectivity index is 1.62. The maximum atomic E-state index is 13.0.